The van der Waals surface area contributed by atoms with E-state index in [4.69, 9.17) is 23.2 Å². The fraction of sp³-hybridized carbons (Fsp3) is 0.312. The second kappa shape index (κ2) is 8.04. The molecular formula is C16H16Cl2N4O2. The van der Waals surface area contributed by atoms with Gasteiger partial charge in [-0.05, 0) is 18.2 Å². The molecule has 1 N–H and O–H groups in total. The van der Waals surface area contributed by atoms with Crippen LogP contribution in [0.5, 0.6) is 0 Å². The number of hydrogen-bond acceptors (Lipinski definition) is 4. The molecule has 1 aliphatic rings. The molecule has 0 atom stereocenters. The number of carbonyl (C=O) groups excluding carboxylic acids is 2. The summed E-state index contributed by atoms with van der Waals surface area (Å²) in [6.45, 7) is 3.79. The maximum absolute atomic E-state index is 12.2. The van der Waals surface area contributed by atoms with Crippen molar-refractivity contribution in [3.05, 3.63) is 40.0 Å². The summed E-state index contributed by atoms with van der Waals surface area (Å²) < 4.78 is 0. The van der Waals surface area contributed by atoms with Gasteiger partial charge in [0.25, 0.3) is 5.91 Å². The van der Waals surface area contributed by atoms with Crippen LogP contribution in [0.4, 0.5) is 5.69 Å². The summed E-state index contributed by atoms with van der Waals surface area (Å²) >= 11 is 11.8. The van der Waals surface area contributed by atoms with Crippen molar-refractivity contribution in [1.29, 1.82) is 5.26 Å². The average Bonchev–Trinajstić information content (AvgIpc) is 2.55. The number of amides is 2. The molecule has 1 fully saturated rings. The van der Waals surface area contributed by atoms with Crippen molar-refractivity contribution in [2.75, 3.05) is 31.5 Å². The summed E-state index contributed by atoms with van der Waals surface area (Å²) in [6.07, 6.45) is 1.51. The third-order valence-corrected chi connectivity index (χ3v) is 4.16. The molecule has 2 rings (SSSR count). The highest BCUT2D eigenvalue weighted by Gasteiger charge is 2.19. The van der Waals surface area contributed by atoms with Crippen molar-refractivity contribution in [3.63, 3.8) is 0 Å². The van der Waals surface area contributed by atoms with Crippen LogP contribution >= 0.6 is 23.2 Å². The van der Waals surface area contributed by atoms with Gasteiger partial charge in [0, 0.05) is 44.3 Å². The fourth-order valence-corrected chi connectivity index (χ4v) is 2.72. The molecule has 1 aromatic carbocycles. The van der Waals surface area contributed by atoms with E-state index >= 15 is 0 Å². The van der Waals surface area contributed by atoms with Crippen LogP contribution in [0.2, 0.25) is 10.0 Å². The van der Waals surface area contributed by atoms with Crippen LogP contribution in [0.3, 0.4) is 0 Å². The van der Waals surface area contributed by atoms with Gasteiger partial charge in [0.2, 0.25) is 5.91 Å². The Hall–Kier alpha value is -2.23. The number of hydrogen-bond donors (Lipinski definition) is 1. The van der Waals surface area contributed by atoms with Crippen molar-refractivity contribution in [2.24, 2.45) is 0 Å². The molecule has 24 heavy (non-hydrogen) atoms. The summed E-state index contributed by atoms with van der Waals surface area (Å²) in [4.78, 5) is 27.1. The highest BCUT2D eigenvalue weighted by atomic mass is 35.5. The molecule has 0 bridgehead atoms. The normalized spacial score (nSPS) is 15.0. The number of nitrogens with zero attached hydrogens (tertiary/aromatic N) is 3. The van der Waals surface area contributed by atoms with E-state index in [1.54, 1.807) is 17.0 Å². The molecule has 6 nitrogen and oxygen atoms in total. The number of nitriles is 1. The van der Waals surface area contributed by atoms with Gasteiger partial charge in [0.15, 0.2) is 0 Å². The van der Waals surface area contributed by atoms with Gasteiger partial charge in [-0.1, -0.05) is 23.2 Å². The highest BCUT2D eigenvalue weighted by Crippen LogP contribution is 2.25. The number of halogens is 2. The van der Waals surface area contributed by atoms with Crippen molar-refractivity contribution >= 4 is 40.7 Å². The van der Waals surface area contributed by atoms with Crippen LogP contribution in [-0.4, -0.2) is 47.8 Å². The molecule has 0 aliphatic carbocycles. The van der Waals surface area contributed by atoms with E-state index in [2.05, 4.69) is 5.32 Å². The molecule has 0 saturated carbocycles. The predicted octanol–water partition coefficient (Wildman–Crippen LogP) is 2.50. The monoisotopic (exact) mass is 366 g/mol. The number of piperazine rings is 1. The second-order valence-electron chi connectivity index (χ2n) is 5.27. The summed E-state index contributed by atoms with van der Waals surface area (Å²) in [5.74, 6) is -0.523. The average molecular weight is 367 g/mol. The van der Waals surface area contributed by atoms with E-state index in [9.17, 15) is 14.9 Å². The molecule has 1 aliphatic heterocycles. The summed E-state index contributed by atoms with van der Waals surface area (Å²) in [6, 6.07) is 6.57. The zero-order valence-corrected chi connectivity index (χ0v) is 14.6. The first-order chi connectivity index (χ1) is 11.4. The Balaban J connectivity index is 2.04. The Labute approximate surface area is 150 Å². The van der Waals surface area contributed by atoms with Crippen LogP contribution in [-0.2, 0) is 9.59 Å². The van der Waals surface area contributed by atoms with Crippen LogP contribution in [0, 0.1) is 11.3 Å². The molecule has 0 radical (unpaired) electrons. The van der Waals surface area contributed by atoms with Crippen molar-refractivity contribution in [3.8, 4) is 6.07 Å². The first-order valence-electron chi connectivity index (χ1n) is 7.28. The number of benzene rings is 1. The van der Waals surface area contributed by atoms with Gasteiger partial charge in [0.1, 0.15) is 11.6 Å². The van der Waals surface area contributed by atoms with Gasteiger partial charge in [-0.3, -0.25) is 9.59 Å². The molecule has 126 valence electrons. The fourth-order valence-electron chi connectivity index (χ4n) is 2.27. The lowest BCUT2D eigenvalue weighted by Gasteiger charge is -2.33. The van der Waals surface area contributed by atoms with Gasteiger partial charge in [-0.15, -0.1) is 0 Å². The van der Waals surface area contributed by atoms with Crippen molar-refractivity contribution in [2.45, 2.75) is 6.92 Å². The molecule has 1 aromatic rings. The van der Waals surface area contributed by atoms with Crippen molar-refractivity contribution < 1.29 is 9.59 Å². The molecule has 0 unspecified atom stereocenters. The smallest absolute Gasteiger partial charge is 0.267 e. The lowest BCUT2D eigenvalue weighted by Crippen LogP contribution is -2.46. The van der Waals surface area contributed by atoms with Gasteiger partial charge in [-0.2, -0.15) is 5.26 Å². The topological polar surface area (TPSA) is 76.4 Å². The minimum absolute atomic E-state index is 0.0225. The van der Waals surface area contributed by atoms with Gasteiger partial charge < -0.3 is 15.1 Å². The van der Waals surface area contributed by atoms with Crippen molar-refractivity contribution in [1.82, 2.24) is 9.80 Å². The third kappa shape index (κ3) is 4.63. The Morgan fingerprint density at radius 3 is 2.46 bits per heavy atom. The van der Waals surface area contributed by atoms with E-state index in [0.29, 0.717) is 41.9 Å². The van der Waals surface area contributed by atoms with Crippen LogP contribution in [0.15, 0.2) is 30.0 Å². The predicted molar refractivity (Wildman–Crippen MR) is 92.6 cm³/mol. The van der Waals surface area contributed by atoms with Crippen LogP contribution in [0.1, 0.15) is 6.92 Å². The largest absolute Gasteiger partial charge is 0.373 e. The van der Waals surface area contributed by atoms with Gasteiger partial charge in [-0.25, -0.2) is 0 Å². The van der Waals surface area contributed by atoms with Crippen LogP contribution < -0.4 is 5.32 Å². The quantitative estimate of drug-likeness (QED) is 0.658. The molecule has 0 aromatic heterocycles. The Kier molecular flexibility index (Phi) is 6.07. The summed E-state index contributed by atoms with van der Waals surface area (Å²) in [7, 11) is 0. The zero-order chi connectivity index (χ0) is 17.7. The lowest BCUT2D eigenvalue weighted by atomic mass is 10.2. The second-order valence-corrected chi connectivity index (χ2v) is 6.12. The molecular weight excluding hydrogens is 351 g/mol. The highest BCUT2D eigenvalue weighted by molar-refractivity contribution is 6.36. The standard InChI is InChI=1S/C16H16Cl2N4O2/c1-11(23)22-6-4-21(5-7-22)10-12(9-19)16(24)20-15-3-2-13(17)8-14(15)18/h2-3,8,10H,4-7H2,1H3,(H,20,24)/b12-10-. The number of nitrogens with one attached hydrogen (secondary N) is 1. The summed E-state index contributed by atoms with van der Waals surface area (Å²) in [5, 5.41) is 12.6. The molecule has 8 heteroatoms. The Bertz CT molecular complexity index is 719. The number of rotatable bonds is 3. The van der Waals surface area contributed by atoms with E-state index in [-0.39, 0.29) is 11.5 Å². The minimum atomic E-state index is -0.546. The zero-order valence-electron chi connectivity index (χ0n) is 13.1. The maximum Gasteiger partial charge on any atom is 0.267 e. The SMILES string of the molecule is CC(=O)N1CCN(/C=C(/C#N)C(=O)Nc2ccc(Cl)cc2Cl)CC1. The number of anilines is 1. The minimum Gasteiger partial charge on any atom is -0.373 e. The van der Waals surface area contributed by atoms with E-state index in [1.807, 2.05) is 11.0 Å². The molecule has 0 spiro atoms. The van der Waals surface area contributed by atoms with Gasteiger partial charge >= 0.3 is 0 Å². The number of carbonyl (C=O) groups is 2. The van der Waals surface area contributed by atoms with E-state index < -0.39 is 5.91 Å². The Morgan fingerprint density at radius 2 is 1.92 bits per heavy atom. The molecule has 2 amide bonds. The van der Waals surface area contributed by atoms with E-state index in [1.165, 1.54) is 19.2 Å². The molecule has 1 heterocycles. The summed E-state index contributed by atoms with van der Waals surface area (Å²) in [5.41, 5.74) is 0.353. The van der Waals surface area contributed by atoms with Crippen LogP contribution in [0.25, 0.3) is 0 Å². The van der Waals surface area contributed by atoms with E-state index in [0.717, 1.165) is 0 Å². The first kappa shape index (κ1) is 18.1. The lowest BCUT2D eigenvalue weighted by molar-refractivity contribution is -0.130. The Morgan fingerprint density at radius 1 is 1.25 bits per heavy atom. The molecule has 1 saturated heterocycles. The van der Waals surface area contributed by atoms with Gasteiger partial charge in [0.05, 0.1) is 10.7 Å². The maximum atomic E-state index is 12.2. The first-order valence-corrected chi connectivity index (χ1v) is 8.04. The third-order valence-electron chi connectivity index (χ3n) is 3.62.